The van der Waals surface area contributed by atoms with Crippen LogP contribution in [0.3, 0.4) is 0 Å². The van der Waals surface area contributed by atoms with Gasteiger partial charge in [-0.3, -0.25) is 0 Å². The fraction of sp³-hybridized carbons (Fsp3) is 0.615. The molecule has 0 radical (unpaired) electrons. The van der Waals surface area contributed by atoms with Crippen LogP contribution in [0.25, 0.3) is 0 Å². The molecule has 0 N–H and O–H groups in total. The zero-order valence-electron chi connectivity index (χ0n) is 11.3. The summed E-state index contributed by atoms with van der Waals surface area (Å²) in [6, 6.07) is 0. The van der Waals surface area contributed by atoms with Gasteiger partial charge in [0.25, 0.3) is 0 Å². The average molecular weight is 281 g/mol. The molecule has 0 aliphatic rings. The van der Waals surface area contributed by atoms with Gasteiger partial charge in [0.05, 0.1) is 5.01 Å². The van der Waals surface area contributed by atoms with E-state index < -0.39 is 0 Å². The van der Waals surface area contributed by atoms with E-state index in [1.54, 1.807) is 11.3 Å². The van der Waals surface area contributed by atoms with Gasteiger partial charge in [-0.2, -0.15) is 0 Å². The number of hydrogen-bond donors (Lipinski definition) is 0. The summed E-state index contributed by atoms with van der Waals surface area (Å²) >= 11 is 3.56. The van der Waals surface area contributed by atoms with Crippen LogP contribution < -0.4 is 0 Å². The zero-order valence-corrected chi connectivity index (χ0v) is 12.9. The summed E-state index contributed by atoms with van der Waals surface area (Å²) in [6.07, 6.45) is 4.00. The molecule has 0 fully saturated rings. The average Bonchev–Trinajstić information content (AvgIpc) is 2.96. The number of thiazole rings is 1. The lowest BCUT2D eigenvalue weighted by Crippen LogP contribution is -1.96. The third kappa shape index (κ3) is 3.14. The Morgan fingerprint density at radius 2 is 1.89 bits per heavy atom. The molecule has 2 aromatic rings. The Hall–Kier alpha value is -0.810. The molecule has 0 aliphatic carbocycles. The molecule has 0 spiro atoms. The number of nitrogens with zero attached hydrogens (tertiary/aromatic N) is 3. The van der Waals surface area contributed by atoms with Crippen LogP contribution in [0.1, 0.15) is 59.4 Å². The number of rotatable bonds is 5. The Kier molecular flexibility index (Phi) is 4.45. The van der Waals surface area contributed by atoms with Crippen LogP contribution in [0, 0.1) is 0 Å². The molecule has 98 valence electrons. The van der Waals surface area contributed by atoms with Crippen molar-refractivity contribution in [1.82, 2.24) is 15.2 Å². The van der Waals surface area contributed by atoms with Crippen LogP contribution in [-0.2, 0) is 12.8 Å². The maximum atomic E-state index is 4.47. The highest BCUT2D eigenvalue weighted by Crippen LogP contribution is 2.28. The predicted molar refractivity (Wildman–Crippen MR) is 77.6 cm³/mol. The molecular weight excluding hydrogens is 262 g/mol. The number of aromatic nitrogens is 3. The van der Waals surface area contributed by atoms with E-state index in [1.165, 1.54) is 9.88 Å². The second-order valence-corrected chi connectivity index (χ2v) is 7.05. The summed E-state index contributed by atoms with van der Waals surface area (Å²) < 4.78 is 0. The minimum atomic E-state index is 0.434. The van der Waals surface area contributed by atoms with E-state index in [0.717, 1.165) is 22.9 Å². The molecule has 1 unspecified atom stereocenters. The number of hydrogen-bond acceptors (Lipinski definition) is 5. The van der Waals surface area contributed by atoms with Gasteiger partial charge >= 0.3 is 0 Å². The monoisotopic (exact) mass is 281 g/mol. The van der Waals surface area contributed by atoms with Gasteiger partial charge in [-0.15, -0.1) is 32.9 Å². The molecule has 1 atom stereocenters. The lowest BCUT2D eigenvalue weighted by molar-refractivity contribution is 0.742. The van der Waals surface area contributed by atoms with Gasteiger partial charge in [-0.05, 0) is 12.8 Å². The van der Waals surface area contributed by atoms with E-state index >= 15 is 0 Å². The molecular formula is C13H19N3S2. The Morgan fingerprint density at radius 1 is 1.11 bits per heavy atom. The van der Waals surface area contributed by atoms with Crippen LogP contribution in [0.5, 0.6) is 0 Å². The smallest absolute Gasteiger partial charge is 0.120 e. The summed E-state index contributed by atoms with van der Waals surface area (Å²) in [5.41, 5.74) is 0. The zero-order chi connectivity index (χ0) is 13.1. The third-order valence-electron chi connectivity index (χ3n) is 2.78. The minimum Gasteiger partial charge on any atom is -0.249 e. The number of aryl methyl sites for hydroxylation is 1. The molecule has 5 heteroatoms. The van der Waals surface area contributed by atoms with Crippen molar-refractivity contribution in [3.63, 3.8) is 0 Å². The lowest BCUT2D eigenvalue weighted by Gasteiger charge is -2.04. The first-order valence-electron chi connectivity index (χ1n) is 6.37. The standard InChI is InChI=1S/C13H19N3S2/c1-5-11-15-16-13(18-11)9(4)6-10-7-14-12(17-10)8(2)3/h7-9H,5-6H2,1-4H3. The summed E-state index contributed by atoms with van der Waals surface area (Å²) in [5.74, 6) is 0.954. The van der Waals surface area contributed by atoms with Gasteiger partial charge in [0.1, 0.15) is 10.0 Å². The summed E-state index contributed by atoms with van der Waals surface area (Å²) in [4.78, 5) is 5.82. The molecule has 0 saturated carbocycles. The van der Waals surface area contributed by atoms with Gasteiger partial charge in [-0.1, -0.05) is 27.7 Å². The first-order valence-corrected chi connectivity index (χ1v) is 8.00. The maximum absolute atomic E-state index is 4.47. The highest BCUT2D eigenvalue weighted by atomic mass is 32.1. The van der Waals surface area contributed by atoms with Crippen LogP contribution in [-0.4, -0.2) is 15.2 Å². The first-order chi connectivity index (χ1) is 8.60. The van der Waals surface area contributed by atoms with E-state index in [9.17, 15) is 0 Å². The Labute approximate surface area is 116 Å². The van der Waals surface area contributed by atoms with E-state index in [4.69, 9.17) is 0 Å². The summed E-state index contributed by atoms with van der Waals surface area (Å²) in [7, 11) is 0. The quantitative estimate of drug-likeness (QED) is 0.830. The second kappa shape index (κ2) is 5.89. The fourth-order valence-electron chi connectivity index (χ4n) is 1.68. The van der Waals surface area contributed by atoms with Crippen molar-refractivity contribution < 1.29 is 0 Å². The van der Waals surface area contributed by atoms with Crippen LogP contribution in [0.4, 0.5) is 0 Å². The van der Waals surface area contributed by atoms with Crippen LogP contribution in [0.2, 0.25) is 0 Å². The van der Waals surface area contributed by atoms with Crippen molar-refractivity contribution in [3.8, 4) is 0 Å². The molecule has 2 aromatic heterocycles. The molecule has 0 amide bonds. The molecule has 3 nitrogen and oxygen atoms in total. The molecule has 0 aliphatic heterocycles. The topological polar surface area (TPSA) is 38.7 Å². The normalized spacial score (nSPS) is 13.2. The molecule has 18 heavy (non-hydrogen) atoms. The van der Waals surface area contributed by atoms with Gasteiger partial charge in [0, 0.05) is 22.9 Å². The Balaban J connectivity index is 2.03. The molecule has 2 rings (SSSR count). The summed E-state index contributed by atoms with van der Waals surface area (Å²) in [6.45, 7) is 8.70. The van der Waals surface area contributed by atoms with Gasteiger partial charge < -0.3 is 0 Å². The molecule has 0 aromatic carbocycles. The van der Waals surface area contributed by atoms with E-state index in [0.29, 0.717) is 11.8 Å². The molecule has 0 bridgehead atoms. The SMILES string of the molecule is CCc1nnc(C(C)Cc2cnc(C(C)C)s2)s1. The largest absolute Gasteiger partial charge is 0.249 e. The van der Waals surface area contributed by atoms with Crippen molar-refractivity contribution in [3.05, 3.63) is 26.1 Å². The highest BCUT2D eigenvalue weighted by molar-refractivity contribution is 7.12. The first kappa shape index (κ1) is 13.6. The van der Waals surface area contributed by atoms with Crippen molar-refractivity contribution in [1.29, 1.82) is 0 Å². The van der Waals surface area contributed by atoms with Crippen LogP contribution >= 0.6 is 22.7 Å². The van der Waals surface area contributed by atoms with Crippen molar-refractivity contribution in [2.45, 2.75) is 52.4 Å². The lowest BCUT2D eigenvalue weighted by atomic mass is 10.1. The van der Waals surface area contributed by atoms with Gasteiger partial charge in [-0.25, -0.2) is 4.98 Å². The van der Waals surface area contributed by atoms with Gasteiger partial charge in [0.15, 0.2) is 0 Å². The van der Waals surface area contributed by atoms with Crippen molar-refractivity contribution >= 4 is 22.7 Å². The van der Waals surface area contributed by atoms with E-state index in [2.05, 4.69) is 42.9 Å². The molecule has 2 heterocycles. The summed E-state index contributed by atoms with van der Waals surface area (Å²) in [5, 5.41) is 12.0. The fourth-order valence-corrected chi connectivity index (χ4v) is 3.56. The van der Waals surface area contributed by atoms with Crippen molar-refractivity contribution in [2.24, 2.45) is 0 Å². The Morgan fingerprint density at radius 3 is 2.44 bits per heavy atom. The highest BCUT2D eigenvalue weighted by Gasteiger charge is 2.14. The van der Waals surface area contributed by atoms with E-state index in [-0.39, 0.29) is 0 Å². The third-order valence-corrected chi connectivity index (χ3v) is 5.40. The predicted octanol–water partition coefficient (Wildman–Crippen LogP) is 4.03. The maximum Gasteiger partial charge on any atom is 0.120 e. The van der Waals surface area contributed by atoms with Crippen molar-refractivity contribution in [2.75, 3.05) is 0 Å². The molecule has 0 saturated heterocycles. The van der Waals surface area contributed by atoms with Crippen LogP contribution in [0.15, 0.2) is 6.20 Å². The second-order valence-electron chi connectivity index (χ2n) is 4.81. The minimum absolute atomic E-state index is 0.434. The van der Waals surface area contributed by atoms with E-state index in [1.807, 2.05) is 17.5 Å². The Bertz CT molecular complexity index is 502. The van der Waals surface area contributed by atoms with Gasteiger partial charge in [0.2, 0.25) is 0 Å².